The lowest BCUT2D eigenvalue weighted by atomic mass is 10.0. The predicted molar refractivity (Wildman–Crippen MR) is 115 cm³/mol. The van der Waals surface area contributed by atoms with Gasteiger partial charge in [0.25, 0.3) is 0 Å². The van der Waals surface area contributed by atoms with Gasteiger partial charge in [-0.3, -0.25) is 9.78 Å². The fraction of sp³-hybridized carbons (Fsp3) is 0.174. The minimum Gasteiger partial charge on any atom is -0.340 e. The van der Waals surface area contributed by atoms with Crippen LogP contribution in [0.1, 0.15) is 22.6 Å². The van der Waals surface area contributed by atoms with E-state index in [4.69, 9.17) is 0 Å². The number of hydrogen-bond acceptors (Lipinski definition) is 5. The van der Waals surface area contributed by atoms with Crippen LogP contribution < -0.4 is 5.32 Å². The first-order valence-corrected chi connectivity index (χ1v) is 9.85. The molecule has 0 spiro atoms. The highest BCUT2D eigenvalue weighted by molar-refractivity contribution is 5.92. The van der Waals surface area contributed by atoms with E-state index in [-0.39, 0.29) is 17.5 Å². The molecular formula is C23H20F2N6O. The van der Waals surface area contributed by atoms with Crippen LogP contribution in [0.3, 0.4) is 0 Å². The third kappa shape index (κ3) is 5.00. The summed E-state index contributed by atoms with van der Waals surface area (Å²) in [5.41, 5.74) is 2.50. The first kappa shape index (κ1) is 21.2. The lowest BCUT2D eigenvalue weighted by Gasteiger charge is -2.09. The fourth-order valence-electron chi connectivity index (χ4n) is 3.25. The normalized spacial score (nSPS) is 10.9. The molecule has 0 unspecified atom stereocenters. The van der Waals surface area contributed by atoms with Gasteiger partial charge in [0.05, 0.1) is 36.7 Å². The van der Waals surface area contributed by atoms with Crippen LogP contribution in [0.15, 0.2) is 55.5 Å². The molecule has 0 aliphatic heterocycles. The van der Waals surface area contributed by atoms with Crippen molar-refractivity contribution in [1.29, 1.82) is 0 Å². The fourth-order valence-corrected chi connectivity index (χ4v) is 3.25. The number of rotatable bonds is 6. The molecule has 32 heavy (non-hydrogen) atoms. The second kappa shape index (κ2) is 9.01. The molecular weight excluding hydrogens is 414 g/mol. The van der Waals surface area contributed by atoms with Gasteiger partial charge in [-0.05, 0) is 30.7 Å². The second-order valence-electron chi connectivity index (χ2n) is 7.49. The highest BCUT2D eigenvalue weighted by Crippen LogP contribution is 2.25. The lowest BCUT2D eigenvalue weighted by molar-refractivity contribution is -0.115. The Balaban J connectivity index is 1.47. The molecule has 0 fully saturated rings. The van der Waals surface area contributed by atoms with E-state index in [2.05, 4.69) is 25.3 Å². The van der Waals surface area contributed by atoms with E-state index in [1.165, 1.54) is 18.6 Å². The van der Waals surface area contributed by atoms with Crippen LogP contribution in [0.25, 0.3) is 11.1 Å². The summed E-state index contributed by atoms with van der Waals surface area (Å²) in [4.78, 5) is 28.9. The quantitative estimate of drug-likeness (QED) is 0.501. The summed E-state index contributed by atoms with van der Waals surface area (Å²) >= 11 is 0. The van der Waals surface area contributed by atoms with Crippen LogP contribution in [0.2, 0.25) is 0 Å². The van der Waals surface area contributed by atoms with Gasteiger partial charge in [0, 0.05) is 48.5 Å². The van der Waals surface area contributed by atoms with Crippen molar-refractivity contribution >= 4 is 11.6 Å². The zero-order valence-electron chi connectivity index (χ0n) is 17.5. The van der Waals surface area contributed by atoms with Crippen LogP contribution in [-0.4, -0.2) is 30.4 Å². The Bertz CT molecular complexity index is 1270. The first-order valence-electron chi connectivity index (χ1n) is 9.85. The van der Waals surface area contributed by atoms with Crippen LogP contribution in [-0.2, 0) is 24.7 Å². The summed E-state index contributed by atoms with van der Waals surface area (Å²) in [6.45, 7) is 1.84. The molecule has 1 amide bonds. The SMILES string of the molecule is Cc1cncc(NC(=O)Cc2cc(F)c(-c3cnc(Cc4cn(C)cn4)nc3)cc2F)c1. The van der Waals surface area contributed by atoms with Gasteiger partial charge in [-0.2, -0.15) is 0 Å². The summed E-state index contributed by atoms with van der Waals surface area (Å²) in [5, 5.41) is 2.63. The molecule has 162 valence electrons. The third-order valence-electron chi connectivity index (χ3n) is 4.76. The number of aryl methyl sites for hydroxylation is 2. The van der Waals surface area contributed by atoms with E-state index in [0.29, 0.717) is 23.5 Å². The van der Waals surface area contributed by atoms with Crippen LogP contribution in [0, 0.1) is 18.6 Å². The van der Waals surface area contributed by atoms with Gasteiger partial charge in [-0.15, -0.1) is 0 Å². The Morgan fingerprint density at radius 3 is 2.50 bits per heavy atom. The molecule has 7 nitrogen and oxygen atoms in total. The van der Waals surface area contributed by atoms with Crippen LogP contribution >= 0.6 is 0 Å². The van der Waals surface area contributed by atoms with Crippen molar-refractivity contribution in [2.75, 3.05) is 5.32 Å². The Kier molecular flexibility index (Phi) is 5.98. The first-order chi connectivity index (χ1) is 15.4. The molecule has 1 aromatic carbocycles. The van der Waals surface area contributed by atoms with Gasteiger partial charge < -0.3 is 9.88 Å². The van der Waals surface area contributed by atoms with Crippen molar-refractivity contribution in [2.45, 2.75) is 19.8 Å². The zero-order chi connectivity index (χ0) is 22.7. The number of imidazole rings is 1. The number of nitrogens with one attached hydrogen (secondary N) is 1. The third-order valence-corrected chi connectivity index (χ3v) is 4.76. The van der Waals surface area contributed by atoms with Gasteiger partial charge in [0.1, 0.15) is 17.5 Å². The van der Waals surface area contributed by atoms with E-state index in [0.717, 1.165) is 23.4 Å². The average molecular weight is 434 g/mol. The zero-order valence-corrected chi connectivity index (χ0v) is 17.5. The van der Waals surface area contributed by atoms with Gasteiger partial charge in [-0.25, -0.2) is 23.7 Å². The minimum absolute atomic E-state index is 0.0268. The number of carbonyl (C=O) groups is 1. The molecule has 0 aliphatic rings. The van der Waals surface area contributed by atoms with Gasteiger partial charge in [0.15, 0.2) is 0 Å². The minimum atomic E-state index is -0.684. The molecule has 4 rings (SSSR count). The lowest BCUT2D eigenvalue weighted by Crippen LogP contribution is -2.15. The van der Waals surface area contributed by atoms with Gasteiger partial charge in [0.2, 0.25) is 5.91 Å². The Morgan fingerprint density at radius 2 is 1.81 bits per heavy atom. The summed E-state index contributed by atoms with van der Waals surface area (Å²) < 4.78 is 31.2. The highest BCUT2D eigenvalue weighted by Gasteiger charge is 2.15. The number of halogens is 2. The van der Waals surface area contributed by atoms with Gasteiger partial charge >= 0.3 is 0 Å². The van der Waals surface area contributed by atoms with E-state index < -0.39 is 17.5 Å². The smallest absolute Gasteiger partial charge is 0.228 e. The van der Waals surface area contributed by atoms with Crippen LogP contribution in [0.5, 0.6) is 0 Å². The maximum Gasteiger partial charge on any atom is 0.228 e. The summed E-state index contributed by atoms with van der Waals surface area (Å²) in [7, 11) is 1.87. The number of hydrogen-bond donors (Lipinski definition) is 1. The molecule has 0 atom stereocenters. The van der Waals surface area contributed by atoms with E-state index >= 15 is 0 Å². The Hall–Kier alpha value is -4.01. The van der Waals surface area contributed by atoms with Gasteiger partial charge in [-0.1, -0.05) is 0 Å². The van der Waals surface area contributed by atoms with Crippen molar-refractivity contribution in [2.24, 2.45) is 7.05 Å². The van der Waals surface area contributed by atoms with Crippen molar-refractivity contribution in [3.8, 4) is 11.1 Å². The topological polar surface area (TPSA) is 85.6 Å². The van der Waals surface area contributed by atoms with Crippen molar-refractivity contribution in [3.05, 3.63) is 89.8 Å². The summed E-state index contributed by atoms with van der Waals surface area (Å²) in [6.07, 6.45) is 9.69. The number of benzene rings is 1. The number of pyridine rings is 1. The second-order valence-corrected chi connectivity index (χ2v) is 7.49. The number of anilines is 1. The molecule has 0 aliphatic carbocycles. The largest absolute Gasteiger partial charge is 0.340 e. The monoisotopic (exact) mass is 434 g/mol. The van der Waals surface area contributed by atoms with E-state index in [1.807, 2.05) is 24.7 Å². The number of aromatic nitrogens is 5. The van der Waals surface area contributed by atoms with Crippen LogP contribution in [0.4, 0.5) is 14.5 Å². The number of nitrogens with zero attached hydrogens (tertiary/aromatic N) is 5. The Labute approximate surface area is 183 Å². The van der Waals surface area contributed by atoms with E-state index in [1.54, 1.807) is 18.6 Å². The number of carbonyl (C=O) groups excluding carboxylic acids is 1. The Morgan fingerprint density at radius 1 is 1.03 bits per heavy atom. The molecule has 0 saturated carbocycles. The molecule has 3 aromatic heterocycles. The number of amides is 1. The summed E-state index contributed by atoms with van der Waals surface area (Å²) in [5.74, 6) is -1.29. The summed E-state index contributed by atoms with van der Waals surface area (Å²) in [6, 6.07) is 3.83. The molecule has 1 N–H and O–H groups in total. The maximum atomic E-state index is 14.7. The van der Waals surface area contributed by atoms with E-state index in [9.17, 15) is 13.6 Å². The molecule has 3 heterocycles. The average Bonchev–Trinajstić information content (AvgIpc) is 3.15. The van der Waals surface area contributed by atoms with Crippen molar-refractivity contribution in [3.63, 3.8) is 0 Å². The maximum absolute atomic E-state index is 14.7. The molecule has 9 heteroatoms. The van der Waals surface area contributed by atoms with Crippen molar-refractivity contribution in [1.82, 2.24) is 24.5 Å². The molecule has 0 saturated heterocycles. The van der Waals surface area contributed by atoms with Crippen molar-refractivity contribution < 1.29 is 13.6 Å². The molecule has 0 radical (unpaired) electrons. The highest BCUT2D eigenvalue weighted by atomic mass is 19.1. The molecule has 0 bridgehead atoms. The standard InChI is InChI=1S/C23H20F2N6O/c1-14-3-17(11-26-8-14)30-23(32)5-15-4-21(25)19(7-20(15)24)16-9-27-22(28-10-16)6-18-12-31(2)13-29-18/h3-4,7-13H,5-6H2,1-2H3,(H,30,32). The predicted octanol–water partition coefficient (Wildman–Crippen LogP) is 3.63. The molecule has 4 aromatic rings.